The zero-order valence-electron chi connectivity index (χ0n) is 10.2. The number of thioether (sulfide) groups is 1. The molecule has 94 valence electrons. The van der Waals surface area contributed by atoms with Gasteiger partial charge in [-0.15, -0.1) is 0 Å². The Morgan fingerprint density at radius 3 is 2.59 bits per heavy atom. The van der Waals surface area contributed by atoms with Crippen LogP contribution < -0.4 is 4.90 Å². The Morgan fingerprint density at radius 1 is 1.24 bits per heavy atom. The normalized spacial score (nSPS) is 15.9. The van der Waals surface area contributed by atoms with E-state index in [1.165, 1.54) is 12.8 Å². The Labute approximate surface area is 111 Å². The topological polar surface area (TPSA) is 41.9 Å². The van der Waals surface area contributed by atoms with Gasteiger partial charge in [-0.1, -0.05) is 25.6 Å². The maximum absolute atomic E-state index is 5.94. The number of hydrogen-bond acceptors (Lipinski definition) is 5. The van der Waals surface area contributed by atoms with E-state index in [0.29, 0.717) is 11.2 Å². The van der Waals surface area contributed by atoms with Gasteiger partial charge in [-0.25, -0.2) is 0 Å². The van der Waals surface area contributed by atoms with Crippen LogP contribution in [0.1, 0.15) is 26.7 Å². The molecule has 0 aliphatic carbocycles. The predicted molar refractivity (Wildman–Crippen MR) is 71.8 cm³/mol. The highest BCUT2D eigenvalue weighted by Crippen LogP contribution is 2.22. The number of aromatic nitrogens is 3. The van der Waals surface area contributed by atoms with E-state index in [-0.39, 0.29) is 0 Å². The van der Waals surface area contributed by atoms with Crippen molar-refractivity contribution in [2.75, 3.05) is 23.7 Å². The van der Waals surface area contributed by atoms with Gasteiger partial charge in [-0.2, -0.15) is 15.0 Å². The minimum atomic E-state index is 0.299. The molecular formula is C11H17ClN4S. The summed E-state index contributed by atoms with van der Waals surface area (Å²) in [6, 6.07) is 0. The molecule has 4 nitrogen and oxygen atoms in total. The molecule has 6 heteroatoms. The molecule has 0 N–H and O–H groups in total. The van der Waals surface area contributed by atoms with Gasteiger partial charge in [-0.3, -0.25) is 0 Å². The molecule has 0 radical (unpaired) electrons. The Hall–Kier alpha value is -0.550. The van der Waals surface area contributed by atoms with E-state index in [1.54, 1.807) is 11.8 Å². The summed E-state index contributed by atoms with van der Waals surface area (Å²) in [5.74, 6) is 2.35. The lowest BCUT2D eigenvalue weighted by Crippen LogP contribution is -2.21. The van der Waals surface area contributed by atoms with Crippen LogP contribution in [0.3, 0.4) is 0 Å². The number of anilines is 1. The van der Waals surface area contributed by atoms with E-state index in [1.807, 2.05) is 0 Å². The van der Waals surface area contributed by atoms with Gasteiger partial charge >= 0.3 is 0 Å². The fraction of sp³-hybridized carbons (Fsp3) is 0.727. The molecule has 1 aliphatic heterocycles. The van der Waals surface area contributed by atoms with Gasteiger partial charge < -0.3 is 4.90 Å². The van der Waals surface area contributed by atoms with Crippen LogP contribution in [0.4, 0.5) is 5.95 Å². The average molecular weight is 273 g/mol. The van der Waals surface area contributed by atoms with E-state index < -0.39 is 0 Å². The average Bonchev–Trinajstić information content (AvgIpc) is 2.79. The zero-order chi connectivity index (χ0) is 12.3. The molecule has 0 aromatic carbocycles. The van der Waals surface area contributed by atoms with Crippen LogP contribution in [0.15, 0.2) is 5.16 Å². The van der Waals surface area contributed by atoms with E-state index in [4.69, 9.17) is 11.6 Å². The van der Waals surface area contributed by atoms with Crippen LogP contribution in [0.25, 0.3) is 0 Å². The fourth-order valence-corrected chi connectivity index (χ4v) is 2.67. The van der Waals surface area contributed by atoms with Crippen molar-refractivity contribution in [2.24, 2.45) is 5.92 Å². The number of halogens is 1. The number of nitrogens with zero attached hydrogens (tertiary/aromatic N) is 4. The molecule has 1 aliphatic rings. The monoisotopic (exact) mass is 272 g/mol. The smallest absolute Gasteiger partial charge is 0.230 e. The molecule has 0 atom stereocenters. The molecule has 17 heavy (non-hydrogen) atoms. The van der Waals surface area contributed by atoms with Crippen LogP contribution in [0.5, 0.6) is 0 Å². The molecule has 0 bridgehead atoms. The zero-order valence-corrected chi connectivity index (χ0v) is 11.8. The van der Waals surface area contributed by atoms with Gasteiger partial charge in [-0.05, 0) is 30.4 Å². The summed E-state index contributed by atoms with van der Waals surface area (Å²) in [6.07, 6.45) is 2.41. The summed E-state index contributed by atoms with van der Waals surface area (Å²) in [5.41, 5.74) is 0. The highest BCUT2D eigenvalue weighted by molar-refractivity contribution is 7.99. The lowest BCUT2D eigenvalue weighted by Gasteiger charge is -2.15. The molecule has 0 unspecified atom stereocenters. The number of hydrogen-bond donors (Lipinski definition) is 0. The van der Waals surface area contributed by atoms with Crippen molar-refractivity contribution in [3.63, 3.8) is 0 Å². The van der Waals surface area contributed by atoms with E-state index >= 15 is 0 Å². The van der Waals surface area contributed by atoms with Gasteiger partial charge in [0.05, 0.1) is 0 Å². The lowest BCUT2D eigenvalue weighted by atomic mass is 10.3. The maximum atomic E-state index is 5.94. The molecule has 1 fully saturated rings. The minimum absolute atomic E-state index is 0.299. The fourth-order valence-electron chi connectivity index (χ4n) is 1.69. The lowest BCUT2D eigenvalue weighted by molar-refractivity contribution is 0.745. The second kappa shape index (κ2) is 5.87. The Morgan fingerprint density at radius 2 is 1.94 bits per heavy atom. The molecular weight excluding hydrogens is 256 g/mol. The van der Waals surface area contributed by atoms with Crippen molar-refractivity contribution < 1.29 is 0 Å². The summed E-state index contributed by atoms with van der Waals surface area (Å²) in [7, 11) is 0. The molecule has 0 saturated carbocycles. The summed E-state index contributed by atoms with van der Waals surface area (Å²) in [4.78, 5) is 15.0. The van der Waals surface area contributed by atoms with Gasteiger partial charge in [0.15, 0.2) is 5.16 Å². The van der Waals surface area contributed by atoms with Gasteiger partial charge in [0, 0.05) is 18.8 Å². The van der Waals surface area contributed by atoms with Crippen molar-refractivity contribution in [2.45, 2.75) is 31.8 Å². The molecule has 1 aromatic heterocycles. The SMILES string of the molecule is CC(C)CSc1nc(Cl)nc(N2CCCC2)n1. The third-order valence-electron chi connectivity index (χ3n) is 2.51. The minimum Gasteiger partial charge on any atom is -0.341 e. The first kappa shape index (κ1) is 12.9. The first-order valence-corrected chi connectivity index (χ1v) is 7.31. The van der Waals surface area contributed by atoms with Crippen molar-refractivity contribution in [1.82, 2.24) is 15.0 Å². The molecule has 2 heterocycles. The third-order valence-corrected chi connectivity index (χ3v) is 3.95. The second-order valence-electron chi connectivity index (χ2n) is 4.59. The Balaban J connectivity index is 2.11. The van der Waals surface area contributed by atoms with Crippen LogP contribution in [0, 0.1) is 5.92 Å². The van der Waals surface area contributed by atoms with Crippen LogP contribution in [0.2, 0.25) is 5.28 Å². The summed E-state index contributed by atoms with van der Waals surface area (Å²) in [6.45, 7) is 6.40. The number of rotatable bonds is 4. The molecule has 0 spiro atoms. The summed E-state index contributed by atoms with van der Waals surface area (Å²) in [5, 5.41) is 1.04. The summed E-state index contributed by atoms with van der Waals surface area (Å²) >= 11 is 7.58. The highest BCUT2D eigenvalue weighted by atomic mass is 35.5. The van der Waals surface area contributed by atoms with Crippen LogP contribution in [-0.4, -0.2) is 33.8 Å². The van der Waals surface area contributed by atoms with Crippen LogP contribution >= 0.6 is 23.4 Å². The summed E-state index contributed by atoms with van der Waals surface area (Å²) < 4.78 is 0. The first-order valence-electron chi connectivity index (χ1n) is 5.94. The van der Waals surface area contributed by atoms with Crippen LogP contribution in [-0.2, 0) is 0 Å². The molecule has 0 amide bonds. The third kappa shape index (κ3) is 3.71. The maximum Gasteiger partial charge on any atom is 0.230 e. The largest absolute Gasteiger partial charge is 0.341 e. The standard InChI is InChI=1S/C11H17ClN4S/c1-8(2)7-17-11-14-9(12)13-10(15-11)16-5-3-4-6-16/h8H,3-7H2,1-2H3. The van der Waals surface area contributed by atoms with Crippen molar-refractivity contribution in [3.05, 3.63) is 5.28 Å². The van der Waals surface area contributed by atoms with Gasteiger partial charge in [0.1, 0.15) is 0 Å². The predicted octanol–water partition coefficient (Wildman–Crippen LogP) is 2.87. The Bertz CT molecular complexity index is 380. The van der Waals surface area contributed by atoms with Crippen molar-refractivity contribution in [3.8, 4) is 0 Å². The van der Waals surface area contributed by atoms with E-state index in [9.17, 15) is 0 Å². The van der Waals surface area contributed by atoms with E-state index in [2.05, 4.69) is 33.7 Å². The molecule has 2 rings (SSSR count). The quantitative estimate of drug-likeness (QED) is 0.789. The Kier molecular flexibility index (Phi) is 4.45. The molecule has 1 aromatic rings. The van der Waals surface area contributed by atoms with Crippen molar-refractivity contribution in [1.29, 1.82) is 0 Å². The van der Waals surface area contributed by atoms with Gasteiger partial charge in [0.2, 0.25) is 11.2 Å². The van der Waals surface area contributed by atoms with Crippen molar-refractivity contribution >= 4 is 29.3 Å². The second-order valence-corrected chi connectivity index (χ2v) is 5.91. The highest BCUT2D eigenvalue weighted by Gasteiger charge is 2.17. The first-order chi connectivity index (χ1) is 8.15. The van der Waals surface area contributed by atoms with E-state index in [0.717, 1.165) is 29.9 Å². The molecule has 1 saturated heterocycles. The van der Waals surface area contributed by atoms with Gasteiger partial charge in [0.25, 0.3) is 0 Å².